The van der Waals surface area contributed by atoms with Gasteiger partial charge in [0.1, 0.15) is 0 Å². The van der Waals surface area contributed by atoms with Gasteiger partial charge >= 0.3 is 0 Å². The first-order valence-corrected chi connectivity index (χ1v) is 10.7. The summed E-state index contributed by atoms with van der Waals surface area (Å²) in [7, 11) is 0. The summed E-state index contributed by atoms with van der Waals surface area (Å²) in [6.45, 7) is 3.79. The van der Waals surface area contributed by atoms with Crippen molar-refractivity contribution >= 4 is 22.7 Å². The van der Waals surface area contributed by atoms with E-state index in [4.69, 9.17) is 4.74 Å². The van der Waals surface area contributed by atoms with Gasteiger partial charge in [-0.3, -0.25) is 14.6 Å². The van der Waals surface area contributed by atoms with Crippen LogP contribution in [0.3, 0.4) is 0 Å². The summed E-state index contributed by atoms with van der Waals surface area (Å²) in [6.07, 6.45) is 6.52. The molecule has 3 saturated heterocycles. The summed E-state index contributed by atoms with van der Waals surface area (Å²) in [5.74, 6) is 0.327. The third-order valence-corrected chi connectivity index (χ3v) is 6.81. The maximum Gasteiger partial charge on any atom is 0.253 e. The average Bonchev–Trinajstić information content (AvgIpc) is 3.36. The van der Waals surface area contributed by atoms with Gasteiger partial charge in [-0.1, -0.05) is 6.07 Å². The second-order valence-corrected chi connectivity index (χ2v) is 8.79. The van der Waals surface area contributed by atoms with E-state index >= 15 is 0 Å². The standard InChI is InChI=1S/C23H27N3O3/c27-21-14-23(16-26(21)15-19-4-2-12-29-19)7-10-25(11-8-23)22(28)18-5-6-20-17(13-18)3-1-9-24-20/h1,3,5-6,9,13,19H,2,4,7-8,10-12,14-16H2/t19-/m1/s1. The zero-order valence-corrected chi connectivity index (χ0v) is 16.7. The fourth-order valence-corrected chi connectivity index (χ4v) is 5.09. The number of likely N-dealkylation sites (tertiary alicyclic amines) is 2. The van der Waals surface area contributed by atoms with Crippen molar-refractivity contribution in [3.05, 3.63) is 42.1 Å². The van der Waals surface area contributed by atoms with E-state index in [1.165, 1.54) is 0 Å². The number of hydrogen-bond acceptors (Lipinski definition) is 4. The first-order chi connectivity index (χ1) is 14.1. The molecule has 0 unspecified atom stereocenters. The molecule has 5 rings (SSSR count). The number of piperidine rings is 1. The van der Waals surface area contributed by atoms with E-state index in [1.807, 2.05) is 40.1 Å². The molecule has 1 spiro atoms. The number of amides is 2. The van der Waals surface area contributed by atoms with E-state index in [1.54, 1.807) is 6.20 Å². The number of carbonyl (C=O) groups is 2. The fraction of sp³-hybridized carbons (Fsp3) is 0.522. The Balaban J connectivity index is 1.22. The summed E-state index contributed by atoms with van der Waals surface area (Å²) < 4.78 is 5.72. The minimum atomic E-state index is 0.0276. The number of rotatable bonds is 3. The molecule has 0 aliphatic carbocycles. The van der Waals surface area contributed by atoms with E-state index in [0.29, 0.717) is 25.1 Å². The first kappa shape index (κ1) is 18.6. The zero-order chi connectivity index (χ0) is 19.8. The van der Waals surface area contributed by atoms with Crippen molar-refractivity contribution in [1.29, 1.82) is 0 Å². The number of fused-ring (bicyclic) bond motifs is 1. The van der Waals surface area contributed by atoms with Crippen molar-refractivity contribution in [1.82, 2.24) is 14.8 Å². The van der Waals surface area contributed by atoms with Crippen molar-refractivity contribution in [3.8, 4) is 0 Å². The number of benzene rings is 1. The number of pyridine rings is 1. The number of ether oxygens (including phenoxy) is 1. The molecule has 1 aromatic heterocycles. The van der Waals surface area contributed by atoms with E-state index in [0.717, 1.165) is 56.3 Å². The number of carbonyl (C=O) groups excluding carboxylic acids is 2. The van der Waals surface area contributed by atoms with Crippen LogP contribution in [0, 0.1) is 5.41 Å². The lowest BCUT2D eigenvalue weighted by Gasteiger charge is -2.39. The molecular weight excluding hydrogens is 366 g/mol. The molecule has 0 saturated carbocycles. The molecule has 29 heavy (non-hydrogen) atoms. The Bertz CT molecular complexity index is 930. The minimum Gasteiger partial charge on any atom is -0.376 e. The van der Waals surface area contributed by atoms with E-state index in [9.17, 15) is 9.59 Å². The van der Waals surface area contributed by atoms with Crippen molar-refractivity contribution in [2.24, 2.45) is 5.41 Å². The molecule has 3 aliphatic heterocycles. The molecule has 2 aromatic rings. The monoisotopic (exact) mass is 393 g/mol. The lowest BCUT2D eigenvalue weighted by Crippen LogP contribution is -2.44. The van der Waals surface area contributed by atoms with Crippen molar-refractivity contribution in [3.63, 3.8) is 0 Å². The van der Waals surface area contributed by atoms with Gasteiger partial charge in [-0.2, -0.15) is 0 Å². The van der Waals surface area contributed by atoms with Crippen LogP contribution in [0.2, 0.25) is 0 Å². The lowest BCUT2D eigenvalue weighted by atomic mass is 9.77. The summed E-state index contributed by atoms with van der Waals surface area (Å²) >= 11 is 0. The van der Waals surface area contributed by atoms with Crippen LogP contribution >= 0.6 is 0 Å². The van der Waals surface area contributed by atoms with Gasteiger partial charge < -0.3 is 14.5 Å². The maximum absolute atomic E-state index is 13.0. The zero-order valence-electron chi connectivity index (χ0n) is 16.7. The summed E-state index contributed by atoms with van der Waals surface area (Å²) in [5, 5.41) is 0.984. The van der Waals surface area contributed by atoms with Gasteiger partial charge in [0, 0.05) is 61.8 Å². The molecule has 3 aliphatic rings. The number of nitrogens with zero attached hydrogens (tertiary/aromatic N) is 3. The summed E-state index contributed by atoms with van der Waals surface area (Å²) in [4.78, 5) is 33.9. The van der Waals surface area contributed by atoms with Crippen LogP contribution in [0.4, 0.5) is 0 Å². The van der Waals surface area contributed by atoms with Gasteiger partial charge in [0.25, 0.3) is 5.91 Å². The Hall–Kier alpha value is -2.47. The quantitative estimate of drug-likeness (QED) is 0.805. The molecule has 6 nitrogen and oxygen atoms in total. The van der Waals surface area contributed by atoms with Gasteiger partial charge in [0.15, 0.2) is 0 Å². The second-order valence-electron chi connectivity index (χ2n) is 8.79. The highest BCUT2D eigenvalue weighted by Gasteiger charge is 2.46. The van der Waals surface area contributed by atoms with E-state index < -0.39 is 0 Å². The SMILES string of the molecule is O=C1CC2(CCN(C(=O)c3ccc4ncccc4c3)CC2)CN1C[C@H]1CCCO1. The highest BCUT2D eigenvalue weighted by molar-refractivity contribution is 5.98. The Labute approximate surface area is 170 Å². The van der Waals surface area contributed by atoms with Crippen LogP contribution in [0.15, 0.2) is 36.5 Å². The fourth-order valence-electron chi connectivity index (χ4n) is 5.09. The average molecular weight is 393 g/mol. The summed E-state index contributed by atoms with van der Waals surface area (Å²) in [6, 6.07) is 9.58. The largest absolute Gasteiger partial charge is 0.376 e. The van der Waals surface area contributed by atoms with Gasteiger partial charge in [-0.25, -0.2) is 0 Å². The highest BCUT2D eigenvalue weighted by Crippen LogP contribution is 2.41. The predicted molar refractivity (Wildman–Crippen MR) is 109 cm³/mol. The topological polar surface area (TPSA) is 62.7 Å². The predicted octanol–water partition coefficient (Wildman–Crippen LogP) is 2.87. The van der Waals surface area contributed by atoms with Crippen LogP contribution in [0.5, 0.6) is 0 Å². The number of hydrogen-bond donors (Lipinski definition) is 0. The van der Waals surface area contributed by atoms with Crippen LogP contribution in [-0.2, 0) is 9.53 Å². The molecule has 1 aromatic carbocycles. The normalized spacial score (nSPS) is 24.0. The smallest absolute Gasteiger partial charge is 0.253 e. The molecule has 4 heterocycles. The Kier molecular flexibility index (Phi) is 4.74. The van der Waals surface area contributed by atoms with E-state index in [-0.39, 0.29) is 23.3 Å². The molecule has 3 fully saturated rings. The van der Waals surface area contributed by atoms with Gasteiger partial charge in [0.2, 0.25) is 5.91 Å². The summed E-state index contributed by atoms with van der Waals surface area (Å²) in [5.41, 5.74) is 1.64. The lowest BCUT2D eigenvalue weighted by molar-refractivity contribution is -0.129. The molecule has 6 heteroatoms. The van der Waals surface area contributed by atoms with Crippen LogP contribution in [0.25, 0.3) is 10.9 Å². The first-order valence-electron chi connectivity index (χ1n) is 10.7. The van der Waals surface area contributed by atoms with Crippen LogP contribution in [-0.4, -0.2) is 65.5 Å². The van der Waals surface area contributed by atoms with E-state index in [2.05, 4.69) is 4.98 Å². The van der Waals surface area contributed by atoms with Crippen LogP contribution in [0.1, 0.15) is 42.5 Å². The molecule has 2 amide bonds. The molecular formula is C23H27N3O3. The minimum absolute atomic E-state index is 0.0276. The van der Waals surface area contributed by atoms with Crippen molar-refractivity contribution in [2.45, 2.75) is 38.2 Å². The second kappa shape index (κ2) is 7.41. The molecule has 152 valence electrons. The molecule has 1 atom stereocenters. The number of aromatic nitrogens is 1. The van der Waals surface area contributed by atoms with Crippen molar-refractivity contribution < 1.29 is 14.3 Å². The van der Waals surface area contributed by atoms with Gasteiger partial charge in [-0.15, -0.1) is 0 Å². The maximum atomic E-state index is 13.0. The Morgan fingerprint density at radius 3 is 2.90 bits per heavy atom. The van der Waals surface area contributed by atoms with Crippen molar-refractivity contribution in [2.75, 3.05) is 32.8 Å². The highest BCUT2D eigenvalue weighted by atomic mass is 16.5. The van der Waals surface area contributed by atoms with Gasteiger partial charge in [0.05, 0.1) is 11.6 Å². The Morgan fingerprint density at radius 1 is 1.24 bits per heavy atom. The third-order valence-electron chi connectivity index (χ3n) is 6.81. The molecule has 0 radical (unpaired) electrons. The molecule has 0 N–H and O–H groups in total. The third kappa shape index (κ3) is 3.62. The Morgan fingerprint density at radius 2 is 2.10 bits per heavy atom. The molecule has 0 bridgehead atoms. The van der Waals surface area contributed by atoms with Gasteiger partial charge in [-0.05, 0) is 49.9 Å². The van der Waals surface area contributed by atoms with Crippen LogP contribution < -0.4 is 0 Å².